The normalized spacial score (nSPS) is 16.3. The van der Waals surface area contributed by atoms with Crippen LogP contribution in [0.15, 0.2) is 23.3 Å². The largest absolute Gasteiger partial charge is 0.481 e. The quantitative estimate of drug-likeness (QED) is 0.783. The maximum atomic E-state index is 14.4. The predicted molar refractivity (Wildman–Crippen MR) is 96.4 cm³/mol. The van der Waals surface area contributed by atoms with Gasteiger partial charge in [0.2, 0.25) is 5.91 Å². The number of nitrogens with two attached hydrogens (primary N) is 1. The molecule has 0 unspecified atom stereocenters. The molecule has 0 bridgehead atoms. The number of primary amides is 1. The van der Waals surface area contributed by atoms with E-state index in [1.54, 1.807) is 0 Å². The molecule has 27 heavy (non-hydrogen) atoms. The number of anilines is 2. The van der Waals surface area contributed by atoms with Gasteiger partial charge in [0.1, 0.15) is 5.75 Å². The summed E-state index contributed by atoms with van der Waals surface area (Å²) >= 11 is 0. The van der Waals surface area contributed by atoms with Crippen LogP contribution in [0.25, 0.3) is 0 Å². The maximum absolute atomic E-state index is 14.4. The molecule has 1 aliphatic carbocycles. The molecule has 0 radical (unpaired) electrons. The highest BCUT2D eigenvalue weighted by Crippen LogP contribution is 2.36. The number of carbonyl (C=O) groups is 3. The fourth-order valence-electron chi connectivity index (χ4n) is 3.21. The van der Waals surface area contributed by atoms with E-state index in [0.29, 0.717) is 12.8 Å². The number of hydrogen-bond donors (Lipinski definition) is 2. The molecule has 7 nitrogen and oxygen atoms in total. The Balaban J connectivity index is 1.94. The molecule has 1 aliphatic heterocycles. The van der Waals surface area contributed by atoms with Gasteiger partial charge in [-0.2, -0.15) is 0 Å². The summed E-state index contributed by atoms with van der Waals surface area (Å²) in [6, 6.07) is 2.38. The molecule has 1 heterocycles. The Morgan fingerprint density at radius 2 is 2.00 bits per heavy atom. The van der Waals surface area contributed by atoms with Crippen LogP contribution in [0.2, 0.25) is 0 Å². The van der Waals surface area contributed by atoms with E-state index in [4.69, 9.17) is 16.9 Å². The molecule has 3 N–H and O–H groups in total. The lowest BCUT2D eigenvalue weighted by molar-refractivity contribution is -0.121. The highest BCUT2D eigenvalue weighted by molar-refractivity contribution is 6.10. The molecule has 2 aliphatic rings. The number of halogens is 1. The van der Waals surface area contributed by atoms with Gasteiger partial charge in [0.15, 0.2) is 12.4 Å². The van der Waals surface area contributed by atoms with Gasteiger partial charge < -0.3 is 15.8 Å². The Labute approximate surface area is 155 Å². The summed E-state index contributed by atoms with van der Waals surface area (Å²) in [5.41, 5.74) is 6.01. The zero-order valence-corrected chi connectivity index (χ0v) is 14.5. The first-order valence-electron chi connectivity index (χ1n) is 8.45. The lowest BCUT2D eigenvalue weighted by Crippen LogP contribution is -2.39. The fraction of sp³-hybridized carbons (Fsp3) is 0.316. The Bertz CT molecular complexity index is 901. The SMILES string of the molecule is C#CCN1C(=O)COc2cc(F)c(NC(=O)C3=C(C(N)=O)CCCC3)cc21. The third-order valence-electron chi connectivity index (χ3n) is 4.53. The van der Waals surface area contributed by atoms with Crippen molar-refractivity contribution >= 4 is 29.1 Å². The van der Waals surface area contributed by atoms with Gasteiger partial charge in [-0.3, -0.25) is 19.3 Å². The number of nitrogens with one attached hydrogen (secondary N) is 1. The summed E-state index contributed by atoms with van der Waals surface area (Å²) in [6.07, 6.45) is 7.61. The van der Waals surface area contributed by atoms with E-state index >= 15 is 0 Å². The molecule has 1 aromatic rings. The number of nitrogens with zero attached hydrogens (tertiary/aromatic N) is 1. The molecule has 3 amide bonds. The number of rotatable bonds is 4. The van der Waals surface area contributed by atoms with Crippen molar-refractivity contribution in [3.05, 3.63) is 29.1 Å². The second-order valence-corrected chi connectivity index (χ2v) is 6.26. The van der Waals surface area contributed by atoms with Gasteiger partial charge in [0, 0.05) is 17.2 Å². The van der Waals surface area contributed by atoms with Gasteiger partial charge in [-0.25, -0.2) is 4.39 Å². The second-order valence-electron chi connectivity index (χ2n) is 6.26. The Morgan fingerprint density at radius 1 is 1.30 bits per heavy atom. The van der Waals surface area contributed by atoms with Gasteiger partial charge in [-0.15, -0.1) is 6.42 Å². The van der Waals surface area contributed by atoms with Crippen molar-refractivity contribution in [2.24, 2.45) is 5.73 Å². The van der Waals surface area contributed by atoms with Crippen molar-refractivity contribution < 1.29 is 23.5 Å². The summed E-state index contributed by atoms with van der Waals surface area (Å²) < 4.78 is 19.7. The first-order valence-corrected chi connectivity index (χ1v) is 8.45. The fourth-order valence-corrected chi connectivity index (χ4v) is 3.21. The lowest BCUT2D eigenvalue weighted by atomic mass is 9.90. The third-order valence-corrected chi connectivity index (χ3v) is 4.53. The van der Waals surface area contributed by atoms with E-state index < -0.39 is 17.6 Å². The third kappa shape index (κ3) is 3.62. The van der Waals surface area contributed by atoms with Crippen LogP contribution >= 0.6 is 0 Å². The van der Waals surface area contributed by atoms with Crippen LogP contribution in [-0.2, 0) is 14.4 Å². The molecular formula is C19H18FN3O4. The van der Waals surface area contributed by atoms with Crippen molar-refractivity contribution in [2.75, 3.05) is 23.4 Å². The van der Waals surface area contributed by atoms with E-state index in [2.05, 4.69) is 11.2 Å². The summed E-state index contributed by atoms with van der Waals surface area (Å²) in [6.45, 7) is -0.250. The maximum Gasteiger partial charge on any atom is 0.265 e. The zero-order chi connectivity index (χ0) is 19.6. The molecule has 3 rings (SSSR count). The summed E-state index contributed by atoms with van der Waals surface area (Å²) in [4.78, 5) is 37.4. The summed E-state index contributed by atoms with van der Waals surface area (Å²) in [5.74, 6) is 0.195. The van der Waals surface area contributed by atoms with Crippen molar-refractivity contribution in [2.45, 2.75) is 25.7 Å². The second kappa shape index (κ2) is 7.50. The smallest absolute Gasteiger partial charge is 0.265 e. The van der Waals surface area contributed by atoms with E-state index in [0.717, 1.165) is 18.9 Å². The molecular weight excluding hydrogens is 353 g/mol. The first-order chi connectivity index (χ1) is 12.9. The summed E-state index contributed by atoms with van der Waals surface area (Å²) in [5, 5.41) is 2.47. The van der Waals surface area contributed by atoms with E-state index in [-0.39, 0.29) is 47.3 Å². The van der Waals surface area contributed by atoms with Gasteiger partial charge in [0.05, 0.1) is 17.9 Å². The molecule has 1 aromatic carbocycles. The minimum absolute atomic E-state index is 0.00874. The number of carbonyl (C=O) groups excluding carboxylic acids is 3. The highest BCUT2D eigenvalue weighted by Gasteiger charge is 2.28. The molecule has 0 saturated heterocycles. The van der Waals surface area contributed by atoms with E-state index in [1.165, 1.54) is 11.0 Å². The summed E-state index contributed by atoms with van der Waals surface area (Å²) in [7, 11) is 0. The number of benzene rings is 1. The molecule has 0 fully saturated rings. The predicted octanol–water partition coefficient (Wildman–Crippen LogP) is 1.48. The Morgan fingerprint density at radius 3 is 2.67 bits per heavy atom. The van der Waals surface area contributed by atoms with E-state index in [9.17, 15) is 18.8 Å². The minimum Gasteiger partial charge on any atom is -0.481 e. The van der Waals surface area contributed by atoms with Crippen LogP contribution in [-0.4, -0.2) is 30.9 Å². The zero-order valence-electron chi connectivity index (χ0n) is 14.5. The average molecular weight is 371 g/mol. The Hall–Kier alpha value is -3.34. The van der Waals surface area contributed by atoms with Crippen LogP contribution in [0, 0.1) is 18.2 Å². The number of hydrogen-bond acceptors (Lipinski definition) is 4. The van der Waals surface area contributed by atoms with Gasteiger partial charge in [0.25, 0.3) is 11.8 Å². The molecule has 0 aromatic heterocycles. The Kier molecular flexibility index (Phi) is 5.12. The van der Waals surface area contributed by atoms with Crippen LogP contribution in [0.1, 0.15) is 25.7 Å². The molecule has 0 saturated carbocycles. The van der Waals surface area contributed by atoms with Crippen molar-refractivity contribution in [1.29, 1.82) is 0 Å². The molecule has 140 valence electrons. The van der Waals surface area contributed by atoms with Crippen molar-refractivity contribution in [3.63, 3.8) is 0 Å². The number of amides is 3. The number of ether oxygens (including phenoxy) is 1. The van der Waals surface area contributed by atoms with Gasteiger partial charge >= 0.3 is 0 Å². The highest BCUT2D eigenvalue weighted by atomic mass is 19.1. The van der Waals surface area contributed by atoms with Crippen molar-refractivity contribution in [1.82, 2.24) is 0 Å². The topological polar surface area (TPSA) is 102 Å². The minimum atomic E-state index is -0.728. The van der Waals surface area contributed by atoms with Crippen LogP contribution in [0.4, 0.5) is 15.8 Å². The molecule has 8 heteroatoms. The van der Waals surface area contributed by atoms with Crippen molar-refractivity contribution in [3.8, 4) is 18.1 Å². The number of terminal acetylenes is 1. The monoisotopic (exact) mass is 371 g/mol. The van der Waals surface area contributed by atoms with Gasteiger partial charge in [-0.05, 0) is 31.7 Å². The molecule has 0 atom stereocenters. The van der Waals surface area contributed by atoms with Crippen LogP contribution in [0.5, 0.6) is 5.75 Å². The average Bonchev–Trinajstić information content (AvgIpc) is 2.65. The standard InChI is InChI=1S/C19H18FN3O4/c1-2-7-23-15-9-14(13(20)8-16(15)27-10-17(23)24)22-19(26)12-6-4-3-5-11(12)18(21)25/h1,8-9H,3-7,10H2,(H2,21,25)(H,22,26). The lowest BCUT2D eigenvalue weighted by Gasteiger charge is -2.28. The van der Waals surface area contributed by atoms with E-state index in [1.807, 2.05) is 0 Å². The molecule has 0 spiro atoms. The van der Waals surface area contributed by atoms with Crippen LogP contribution < -0.4 is 20.7 Å². The van der Waals surface area contributed by atoms with Gasteiger partial charge in [-0.1, -0.05) is 5.92 Å². The number of fused-ring (bicyclic) bond motifs is 1. The van der Waals surface area contributed by atoms with Crippen LogP contribution in [0.3, 0.4) is 0 Å². The first kappa shape index (κ1) is 18.5.